The van der Waals surface area contributed by atoms with E-state index >= 15 is 0 Å². The minimum absolute atomic E-state index is 0.394. The van der Waals surface area contributed by atoms with Gasteiger partial charge in [0.25, 0.3) is 0 Å². The molecule has 2 nitrogen and oxygen atoms in total. The zero-order valence-electron chi connectivity index (χ0n) is 4.08. The molecule has 0 amide bonds. The van der Waals surface area contributed by atoms with Crippen molar-refractivity contribution in [3.8, 4) is 0 Å². The van der Waals surface area contributed by atoms with Crippen LogP contribution in [0.1, 0.15) is 0 Å². The van der Waals surface area contributed by atoms with Gasteiger partial charge >= 0.3 is 0 Å². The molecule has 42 valence electrons. The van der Waals surface area contributed by atoms with Crippen molar-refractivity contribution in [3.63, 3.8) is 0 Å². The number of hydrogen-bond donors (Lipinski definition) is 2. The highest BCUT2D eigenvalue weighted by molar-refractivity contribution is 4.79. The SMILES string of the molecule is FCNC1CNC1. The topological polar surface area (TPSA) is 24.1 Å². The number of rotatable bonds is 2. The number of halogens is 1. The molecule has 2 N–H and O–H groups in total. The van der Waals surface area contributed by atoms with Crippen LogP contribution >= 0.6 is 0 Å². The molecule has 0 bridgehead atoms. The summed E-state index contributed by atoms with van der Waals surface area (Å²) < 4.78 is 11.3. The van der Waals surface area contributed by atoms with E-state index in [9.17, 15) is 4.39 Å². The fourth-order valence-electron chi connectivity index (χ4n) is 0.542. The van der Waals surface area contributed by atoms with Crippen LogP contribution in [0.2, 0.25) is 0 Å². The number of hydrogen-bond acceptors (Lipinski definition) is 2. The van der Waals surface area contributed by atoms with Crippen molar-refractivity contribution in [2.75, 3.05) is 19.9 Å². The van der Waals surface area contributed by atoms with E-state index in [2.05, 4.69) is 10.6 Å². The fourth-order valence-corrected chi connectivity index (χ4v) is 0.542. The predicted molar refractivity (Wildman–Crippen MR) is 25.8 cm³/mol. The molecule has 1 aliphatic heterocycles. The summed E-state index contributed by atoms with van der Waals surface area (Å²) in [7, 11) is 0. The van der Waals surface area contributed by atoms with Gasteiger partial charge in [0.05, 0.1) is 0 Å². The minimum Gasteiger partial charge on any atom is -0.314 e. The molecule has 3 heteroatoms. The predicted octanol–water partition coefficient (Wildman–Crippen LogP) is -0.525. The molecule has 1 fully saturated rings. The maximum atomic E-state index is 11.3. The van der Waals surface area contributed by atoms with Crippen molar-refractivity contribution < 1.29 is 4.39 Å². The Labute approximate surface area is 42.1 Å². The second kappa shape index (κ2) is 2.23. The van der Waals surface area contributed by atoms with Crippen molar-refractivity contribution in [2.45, 2.75) is 6.04 Å². The second-order valence-electron chi connectivity index (χ2n) is 1.69. The molecule has 0 radical (unpaired) electrons. The van der Waals surface area contributed by atoms with Crippen LogP contribution in [-0.2, 0) is 0 Å². The Bertz CT molecular complexity index is 53.7. The summed E-state index contributed by atoms with van der Waals surface area (Å²) in [5.74, 6) is 0. The Hall–Kier alpha value is -0.150. The van der Waals surface area contributed by atoms with Crippen LogP contribution in [0.15, 0.2) is 0 Å². The van der Waals surface area contributed by atoms with Gasteiger partial charge in [0.15, 0.2) is 0 Å². The third kappa shape index (κ3) is 1.11. The van der Waals surface area contributed by atoms with Crippen molar-refractivity contribution in [3.05, 3.63) is 0 Å². The largest absolute Gasteiger partial charge is 0.314 e. The van der Waals surface area contributed by atoms with Crippen LogP contribution in [-0.4, -0.2) is 25.9 Å². The molecule has 0 saturated carbocycles. The Morgan fingerprint density at radius 2 is 2.43 bits per heavy atom. The third-order valence-corrected chi connectivity index (χ3v) is 1.15. The van der Waals surface area contributed by atoms with Gasteiger partial charge in [0, 0.05) is 19.1 Å². The molecule has 1 saturated heterocycles. The van der Waals surface area contributed by atoms with E-state index in [0.717, 1.165) is 13.1 Å². The molecule has 0 aliphatic carbocycles. The highest BCUT2D eigenvalue weighted by atomic mass is 19.1. The molecule has 0 atom stereocenters. The van der Waals surface area contributed by atoms with Gasteiger partial charge in [-0.3, -0.25) is 5.32 Å². The van der Waals surface area contributed by atoms with Crippen molar-refractivity contribution in [2.24, 2.45) is 0 Å². The zero-order chi connectivity index (χ0) is 5.11. The van der Waals surface area contributed by atoms with Gasteiger partial charge in [-0.05, 0) is 0 Å². The summed E-state index contributed by atoms with van der Waals surface area (Å²) in [6.07, 6.45) is 0. The first-order chi connectivity index (χ1) is 3.43. The first-order valence-electron chi connectivity index (χ1n) is 2.43. The van der Waals surface area contributed by atoms with E-state index in [4.69, 9.17) is 0 Å². The van der Waals surface area contributed by atoms with Gasteiger partial charge in [-0.1, -0.05) is 0 Å². The van der Waals surface area contributed by atoms with Crippen molar-refractivity contribution in [1.29, 1.82) is 0 Å². The number of alkyl halides is 1. The molecule has 1 heterocycles. The molecule has 1 rings (SSSR count). The summed E-state index contributed by atoms with van der Waals surface area (Å²) in [5.41, 5.74) is 0. The molecule has 0 aromatic carbocycles. The van der Waals surface area contributed by atoms with Crippen molar-refractivity contribution in [1.82, 2.24) is 10.6 Å². The van der Waals surface area contributed by atoms with E-state index in [1.54, 1.807) is 0 Å². The van der Waals surface area contributed by atoms with Crippen LogP contribution in [0, 0.1) is 0 Å². The molecule has 1 aliphatic rings. The minimum atomic E-state index is -0.396. The molecule has 0 aromatic heterocycles. The van der Waals surface area contributed by atoms with E-state index in [1.165, 1.54) is 0 Å². The van der Waals surface area contributed by atoms with Gasteiger partial charge in [-0.25, -0.2) is 4.39 Å². The van der Waals surface area contributed by atoms with Crippen LogP contribution in [0.5, 0.6) is 0 Å². The fraction of sp³-hybridized carbons (Fsp3) is 1.00. The lowest BCUT2D eigenvalue weighted by Crippen LogP contribution is -2.55. The number of nitrogens with one attached hydrogen (secondary N) is 2. The van der Waals surface area contributed by atoms with Crippen LogP contribution in [0.4, 0.5) is 4.39 Å². The first-order valence-corrected chi connectivity index (χ1v) is 2.43. The summed E-state index contributed by atoms with van der Waals surface area (Å²) in [4.78, 5) is 0. The molecule has 0 spiro atoms. The molecule has 7 heavy (non-hydrogen) atoms. The second-order valence-corrected chi connectivity index (χ2v) is 1.69. The van der Waals surface area contributed by atoms with Crippen LogP contribution < -0.4 is 10.6 Å². The standard InChI is InChI=1S/C4H9FN2/c5-3-7-4-1-6-2-4/h4,6-7H,1-3H2. The molecule has 0 unspecified atom stereocenters. The van der Waals surface area contributed by atoms with E-state index < -0.39 is 6.80 Å². The zero-order valence-corrected chi connectivity index (χ0v) is 4.08. The maximum Gasteiger partial charge on any atom is 0.140 e. The Morgan fingerprint density at radius 3 is 2.57 bits per heavy atom. The summed E-state index contributed by atoms with van der Waals surface area (Å²) in [6.45, 7) is 1.44. The average Bonchev–Trinajstić information content (AvgIpc) is 1.55. The molecule has 0 aromatic rings. The quantitative estimate of drug-likeness (QED) is 0.460. The van der Waals surface area contributed by atoms with Crippen molar-refractivity contribution >= 4 is 0 Å². The maximum absolute atomic E-state index is 11.3. The normalized spacial score (nSPS) is 21.9. The van der Waals surface area contributed by atoms with Gasteiger partial charge in [-0.15, -0.1) is 0 Å². The molecular weight excluding hydrogens is 95.1 g/mol. The smallest absolute Gasteiger partial charge is 0.140 e. The lowest BCUT2D eigenvalue weighted by Gasteiger charge is -2.26. The monoisotopic (exact) mass is 104 g/mol. The lowest BCUT2D eigenvalue weighted by molar-refractivity contribution is 0.308. The Morgan fingerprint density at radius 1 is 1.71 bits per heavy atom. The Kier molecular flexibility index (Phi) is 1.59. The van der Waals surface area contributed by atoms with Crippen LogP contribution in [0.3, 0.4) is 0 Å². The van der Waals surface area contributed by atoms with E-state index in [-0.39, 0.29) is 0 Å². The van der Waals surface area contributed by atoms with E-state index in [0.29, 0.717) is 6.04 Å². The van der Waals surface area contributed by atoms with Crippen LogP contribution in [0.25, 0.3) is 0 Å². The first kappa shape index (κ1) is 5.00. The lowest BCUT2D eigenvalue weighted by atomic mass is 10.2. The summed E-state index contributed by atoms with van der Waals surface area (Å²) in [6, 6.07) is 0.394. The van der Waals surface area contributed by atoms with Gasteiger partial charge < -0.3 is 5.32 Å². The highest BCUT2D eigenvalue weighted by Gasteiger charge is 2.13. The van der Waals surface area contributed by atoms with E-state index in [1.807, 2.05) is 0 Å². The highest BCUT2D eigenvalue weighted by Crippen LogP contribution is 1.87. The van der Waals surface area contributed by atoms with Gasteiger partial charge in [0.1, 0.15) is 6.80 Å². The van der Waals surface area contributed by atoms with Gasteiger partial charge in [0.2, 0.25) is 0 Å². The summed E-state index contributed by atoms with van der Waals surface area (Å²) >= 11 is 0. The van der Waals surface area contributed by atoms with Gasteiger partial charge in [-0.2, -0.15) is 0 Å². The third-order valence-electron chi connectivity index (χ3n) is 1.15. The summed E-state index contributed by atoms with van der Waals surface area (Å²) in [5, 5.41) is 5.67. The average molecular weight is 104 g/mol. The Balaban J connectivity index is 1.93. The molecular formula is C4H9FN2.